The van der Waals surface area contributed by atoms with Crippen LogP contribution in [-0.2, 0) is 6.61 Å². The van der Waals surface area contributed by atoms with Crippen LogP contribution in [0.3, 0.4) is 0 Å². The van der Waals surface area contributed by atoms with Crippen LogP contribution in [0.15, 0.2) is 59.7 Å². The molecule has 1 N–H and O–H groups in total. The molecule has 0 fully saturated rings. The number of nitrogens with one attached hydrogen (secondary N) is 1. The van der Waals surface area contributed by atoms with Gasteiger partial charge in [0.15, 0.2) is 0 Å². The van der Waals surface area contributed by atoms with Crippen LogP contribution in [0.1, 0.15) is 34.6 Å². The number of nitrogens with zero attached hydrogens (tertiary/aromatic N) is 2. The van der Waals surface area contributed by atoms with E-state index in [1.165, 1.54) is 11.3 Å². The van der Waals surface area contributed by atoms with E-state index in [2.05, 4.69) is 15.3 Å². The zero-order chi connectivity index (χ0) is 16.8. The van der Waals surface area contributed by atoms with Crippen LogP contribution in [0, 0.1) is 0 Å². The molecule has 6 heteroatoms. The van der Waals surface area contributed by atoms with Crippen LogP contribution >= 0.6 is 11.3 Å². The highest BCUT2D eigenvalue weighted by Crippen LogP contribution is 2.17. The molecule has 0 aliphatic rings. The summed E-state index contributed by atoms with van der Waals surface area (Å²) in [6, 6.07) is 10.8. The van der Waals surface area contributed by atoms with Crippen molar-refractivity contribution >= 4 is 17.2 Å². The molecule has 0 aliphatic heterocycles. The zero-order valence-electron chi connectivity index (χ0n) is 13.2. The normalized spacial score (nSPS) is 11.7. The fourth-order valence-electron chi connectivity index (χ4n) is 2.19. The maximum atomic E-state index is 12.4. The first-order chi connectivity index (χ1) is 11.7. The van der Waals surface area contributed by atoms with E-state index in [1.54, 1.807) is 36.1 Å². The third-order valence-electron chi connectivity index (χ3n) is 3.50. The molecule has 1 amide bonds. The number of hydrogen-bond donors (Lipinski definition) is 1. The Labute approximate surface area is 144 Å². The first kappa shape index (κ1) is 16.1. The van der Waals surface area contributed by atoms with Gasteiger partial charge in [0.1, 0.15) is 12.4 Å². The lowest BCUT2D eigenvalue weighted by atomic mass is 10.1. The molecule has 1 aromatic carbocycles. The molecule has 0 aliphatic carbocycles. The largest absolute Gasteiger partial charge is 0.487 e. The summed E-state index contributed by atoms with van der Waals surface area (Å²) >= 11 is 1.53. The smallest absolute Gasteiger partial charge is 0.251 e. The molecule has 0 saturated heterocycles. The van der Waals surface area contributed by atoms with Crippen molar-refractivity contribution < 1.29 is 9.53 Å². The summed E-state index contributed by atoms with van der Waals surface area (Å²) in [4.78, 5) is 20.7. The van der Waals surface area contributed by atoms with E-state index in [1.807, 2.05) is 30.5 Å². The van der Waals surface area contributed by atoms with Gasteiger partial charge in [-0.1, -0.05) is 12.1 Å². The lowest BCUT2D eigenvalue weighted by Gasteiger charge is -2.14. The number of benzene rings is 1. The summed E-state index contributed by atoms with van der Waals surface area (Å²) in [5, 5.41) is 4.90. The van der Waals surface area contributed by atoms with Gasteiger partial charge in [0.25, 0.3) is 5.91 Å². The molecule has 0 spiro atoms. The van der Waals surface area contributed by atoms with E-state index in [0.717, 1.165) is 11.3 Å². The van der Waals surface area contributed by atoms with Gasteiger partial charge < -0.3 is 10.1 Å². The minimum Gasteiger partial charge on any atom is -0.487 e. The Balaban J connectivity index is 1.63. The van der Waals surface area contributed by atoms with Crippen molar-refractivity contribution in [2.24, 2.45) is 0 Å². The first-order valence-corrected chi connectivity index (χ1v) is 8.47. The summed E-state index contributed by atoms with van der Waals surface area (Å²) < 4.78 is 5.68. The van der Waals surface area contributed by atoms with Crippen molar-refractivity contribution in [1.82, 2.24) is 15.3 Å². The third kappa shape index (κ3) is 4.17. The van der Waals surface area contributed by atoms with Crippen LogP contribution in [0.4, 0.5) is 0 Å². The molecule has 5 nitrogen and oxygen atoms in total. The standard InChI is InChI=1S/C18H17N3O2S/c1-13(15-5-3-7-19-9-15)21-18(22)14-4-2-6-17(8-14)23-10-16-11-24-12-20-16/h2-9,11-13H,10H2,1H3,(H,21,22). The molecule has 3 aromatic rings. The van der Waals surface area contributed by atoms with Crippen molar-refractivity contribution in [2.75, 3.05) is 0 Å². The van der Waals surface area contributed by atoms with Gasteiger partial charge in [0.2, 0.25) is 0 Å². The van der Waals surface area contributed by atoms with Crippen molar-refractivity contribution in [2.45, 2.75) is 19.6 Å². The van der Waals surface area contributed by atoms with Gasteiger partial charge >= 0.3 is 0 Å². The lowest BCUT2D eigenvalue weighted by molar-refractivity contribution is 0.0939. The Hall–Kier alpha value is -2.73. The monoisotopic (exact) mass is 339 g/mol. The minimum atomic E-state index is -0.148. The summed E-state index contributed by atoms with van der Waals surface area (Å²) in [5.41, 5.74) is 4.16. The first-order valence-electron chi connectivity index (χ1n) is 7.53. The quantitative estimate of drug-likeness (QED) is 0.745. The zero-order valence-corrected chi connectivity index (χ0v) is 14.0. The number of rotatable bonds is 6. The van der Waals surface area contributed by atoms with E-state index in [4.69, 9.17) is 4.74 Å². The molecule has 0 radical (unpaired) electrons. The van der Waals surface area contributed by atoms with Gasteiger partial charge in [-0.05, 0) is 36.8 Å². The Morgan fingerprint density at radius 3 is 3.00 bits per heavy atom. The topological polar surface area (TPSA) is 64.1 Å². The molecule has 0 saturated carbocycles. The molecule has 0 bridgehead atoms. The summed E-state index contributed by atoms with van der Waals surface area (Å²) in [6.07, 6.45) is 3.46. The third-order valence-corrected chi connectivity index (χ3v) is 4.13. The van der Waals surface area contributed by atoms with E-state index >= 15 is 0 Å². The summed E-state index contributed by atoms with van der Waals surface area (Å²) in [7, 11) is 0. The Kier molecular flexibility index (Phi) is 5.18. The number of amides is 1. The second kappa shape index (κ2) is 7.70. The van der Waals surface area contributed by atoms with Gasteiger partial charge in [-0.15, -0.1) is 11.3 Å². The average Bonchev–Trinajstić information content (AvgIpc) is 3.14. The number of ether oxygens (including phenoxy) is 1. The highest BCUT2D eigenvalue weighted by atomic mass is 32.1. The molecular formula is C18H17N3O2S. The fourth-order valence-corrected chi connectivity index (χ4v) is 2.73. The Morgan fingerprint density at radius 2 is 2.25 bits per heavy atom. The predicted molar refractivity (Wildman–Crippen MR) is 93.0 cm³/mol. The van der Waals surface area contributed by atoms with Crippen molar-refractivity contribution in [3.63, 3.8) is 0 Å². The summed E-state index contributed by atoms with van der Waals surface area (Å²) in [5.74, 6) is 0.496. The highest BCUT2D eigenvalue weighted by Gasteiger charge is 2.12. The van der Waals surface area contributed by atoms with Gasteiger partial charge in [0.05, 0.1) is 17.2 Å². The molecule has 122 valence electrons. The van der Waals surface area contributed by atoms with Crippen LogP contribution in [0.25, 0.3) is 0 Å². The molecule has 24 heavy (non-hydrogen) atoms. The van der Waals surface area contributed by atoms with Crippen LogP contribution in [-0.4, -0.2) is 15.9 Å². The molecule has 2 heterocycles. The fraction of sp³-hybridized carbons (Fsp3) is 0.167. The Bertz CT molecular complexity index is 791. The second-order valence-electron chi connectivity index (χ2n) is 5.28. The number of carbonyl (C=O) groups excluding carboxylic acids is 1. The van der Waals surface area contributed by atoms with E-state index < -0.39 is 0 Å². The number of pyridine rings is 1. The van der Waals surface area contributed by atoms with Crippen molar-refractivity contribution in [1.29, 1.82) is 0 Å². The highest BCUT2D eigenvalue weighted by molar-refractivity contribution is 7.07. The molecule has 3 rings (SSSR count). The maximum absolute atomic E-state index is 12.4. The van der Waals surface area contributed by atoms with Gasteiger partial charge in [-0.2, -0.15) is 0 Å². The molecular weight excluding hydrogens is 322 g/mol. The Morgan fingerprint density at radius 1 is 1.33 bits per heavy atom. The number of carbonyl (C=O) groups is 1. The molecule has 2 aromatic heterocycles. The van der Waals surface area contributed by atoms with E-state index in [-0.39, 0.29) is 11.9 Å². The van der Waals surface area contributed by atoms with E-state index in [0.29, 0.717) is 17.9 Å². The van der Waals surface area contributed by atoms with E-state index in [9.17, 15) is 4.79 Å². The van der Waals surface area contributed by atoms with Gasteiger partial charge in [-0.3, -0.25) is 9.78 Å². The molecule has 1 unspecified atom stereocenters. The van der Waals surface area contributed by atoms with Crippen LogP contribution in [0.2, 0.25) is 0 Å². The van der Waals surface area contributed by atoms with Gasteiger partial charge in [-0.25, -0.2) is 4.98 Å². The SMILES string of the molecule is CC(NC(=O)c1cccc(OCc2cscn2)c1)c1cccnc1. The average molecular weight is 339 g/mol. The lowest BCUT2D eigenvalue weighted by Crippen LogP contribution is -2.26. The van der Waals surface area contributed by atoms with Gasteiger partial charge in [0, 0.05) is 23.3 Å². The second-order valence-corrected chi connectivity index (χ2v) is 6.00. The predicted octanol–water partition coefficient (Wildman–Crippen LogP) is 3.61. The van der Waals surface area contributed by atoms with Crippen molar-refractivity contribution in [3.8, 4) is 5.75 Å². The molecule has 1 atom stereocenters. The summed E-state index contributed by atoms with van der Waals surface area (Å²) in [6.45, 7) is 2.32. The number of thiazole rings is 1. The maximum Gasteiger partial charge on any atom is 0.251 e. The van der Waals surface area contributed by atoms with Crippen LogP contribution in [0.5, 0.6) is 5.75 Å². The number of aromatic nitrogens is 2. The minimum absolute atomic E-state index is 0.120. The number of hydrogen-bond acceptors (Lipinski definition) is 5. The van der Waals surface area contributed by atoms with Crippen LogP contribution < -0.4 is 10.1 Å². The van der Waals surface area contributed by atoms with Crippen molar-refractivity contribution in [3.05, 3.63) is 76.5 Å².